The van der Waals surface area contributed by atoms with Crippen molar-refractivity contribution in [1.29, 1.82) is 0 Å². The Hall–Kier alpha value is -2.01. The zero-order chi connectivity index (χ0) is 15.8. The van der Waals surface area contributed by atoms with Crippen LogP contribution in [-0.2, 0) is 4.79 Å². The summed E-state index contributed by atoms with van der Waals surface area (Å²) < 4.78 is 5.52. The summed E-state index contributed by atoms with van der Waals surface area (Å²) in [5.74, 6) is -1.24. The number of amides is 1. The van der Waals surface area contributed by atoms with E-state index < -0.39 is 17.3 Å². The highest BCUT2D eigenvalue weighted by atomic mass is 35.5. The molecule has 2 rings (SSSR count). The lowest BCUT2D eigenvalue weighted by Gasteiger charge is -2.19. The number of hydrogen-bond donors (Lipinski definition) is 2. The summed E-state index contributed by atoms with van der Waals surface area (Å²) in [6.45, 7) is 4.86. The fraction of sp³-hybridized carbons (Fsp3) is 0.333. The lowest BCUT2D eigenvalue weighted by atomic mass is 9.94. The molecule has 0 fully saturated rings. The monoisotopic (exact) mass is 309 g/mol. The van der Waals surface area contributed by atoms with Crippen LogP contribution in [0.15, 0.2) is 22.6 Å². The van der Waals surface area contributed by atoms with Crippen LogP contribution in [0.1, 0.15) is 30.0 Å². The van der Waals surface area contributed by atoms with Gasteiger partial charge in [0.05, 0.1) is 5.41 Å². The van der Waals surface area contributed by atoms with Crippen LogP contribution in [0.25, 0.3) is 11.0 Å². The van der Waals surface area contributed by atoms with Gasteiger partial charge in [-0.15, -0.1) is 0 Å². The zero-order valence-corrected chi connectivity index (χ0v) is 12.7. The second-order valence-electron chi connectivity index (χ2n) is 5.57. The third-order valence-electron chi connectivity index (χ3n) is 3.37. The van der Waals surface area contributed by atoms with Crippen LogP contribution in [0.2, 0.25) is 5.02 Å². The molecule has 2 aromatic rings. The summed E-state index contributed by atoms with van der Waals surface area (Å²) in [5, 5.41) is 13.0. The summed E-state index contributed by atoms with van der Waals surface area (Å²) in [6.07, 6.45) is 0. The van der Waals surface area contributed by atoms with Crippen LogP contribution in [0, 0.1) is 12.3 Å². The van der Waals surface area contributed by atoms with Crippen LogP contribution in [0.5, 0.6) is 0 Å². The van der Waals surface area contributed by atoms with Crippen molar-refractivity contribution < 1.29 is 19.1 Å². The minimum Gasteiger partial charge on any atom is -0.481 e. The first-order chi connectivity index (χ1) is 9.72. The van der Waals surface area contributed by atoms with Gasteiger partial charge in [0.2, 0.25) is 0 Å². The third kappa shape index (κ3) is 3.03. The fourth-order valence-electron chi connectivity index (χ4n) is 1.87. The molecule has 5 nitrogen and oxygen atoms in total. The van der Waals surface area contributed by atoms with Gasteiger partial charge in [-0.2, -0.15) is 0 Å². The molecule has 1 aromatic carbocycles. The number of benzene rings is 1. The maximum absolute atomic E-state index is 12.2. The molecule has 0 saturated carbocycles. The molecule has 0 aliphatic carbocycles. The Bertz CT molecular complexity index is 718. The van der Waals surface area contributed by atoms with E-state index >= 15 is 0 Å². The largest absolute Gasteiger partial charge is 0.481 e. The van der Waals surface area contributed by atoms with E-state index in [1.54, 1.807) is 39.0 Å². The number of nitrogens with one attached hydrogen (secondary N) is 1. The fourth-order valence-corrected chi connectivity index (χ4v) is 2.04. The van der Waals surface area contributed by atoms with Crippen molar-refractivity contribution in [2.24, 2.45) is 5.41 Å². The van der Waals surface area contributed by atoms with Crippen LogP contribution in [-0.4, -0.2) is 23.5 Å². The summed E-state index contributed by atoms with van der Waals surface area (Å²) in [6, 6.07) is 5.11. The van der Waals surface area contributed by atoms with E-state index in [2.05, 4.69) is 5.32 Å². The highest BCUT2D eigenvalue weighted by Gasteiger charge is 2.28. The Balaban J connectivity index is 2.24. The number of aliphatic carboxylic acids is 1. The predicted molar refractivity (Wildman–Crippen MR) is 79.7 cm³/mol. The molecule has 0 saturated heterocycles. The number of carbonyl (C=O) groups is 2. The molecule has 21 heavy (non-hydrogen) atoms. The quantitative estimate of drug-likeness (QED) is 0.908. The Morgan fingerprint density at radius 2 is 2.05 bits per heavy atom. The Morgan fingerprint density at radius 1 is 1.38 bits per heavy atom. The van der Waals surface area contributed by atoms with Crippen molar-refractivity contribution in [2.45, 2.75) is 20.8 Å². The van der Waals surface area contributed by atoms with Crippen molar-refractivity contribution in [3.05, 3.63) is 34.5 Å². The summed E-state index contributed by atoms with van der Waals surface area (Å²) in [5.41, 5.74) is 0.205. The molecular formula is C15H16ClNO4. The molecule has 2 N–H and O–H groups in total. The molecule has 0 aliphatic heterocycles. The Kier molecular flexibility index (Phi) is 3.96. The van der Waals surface area contributed by atoms with E-state index in [0.29, 0.717) is 16.2 Å². The number of halogens is 1. The normalized spacial score (nSPS) is 11.6. The number of carboxylic acids is 1. The average molecular weight is 310 g/mol. The predicted octanol–water partition coefficient (Wildman–Crippen LogP) is 3.24. The summed E-state index contributed by atoms with van der Waals surface area (Å²) >= 11 is 5.93. The number of aryl methyl sites for hydroxylation is 1. The van der Waals surface area contributed by atoms with Gasteiger partial charge in [-0.1, -0.05) is 11.6 Å². The SMILES string of the molecule is Cc1c(C(=O)NCC(C)(C)C(=O)O)oc2ccc(Cl)cc12. The molecule has 0 aliphatic rings. The minimum atomic E-state index is -1.04. The van der Waals surface area contributed by atoms with E-state index in [4.69, 9.17) is 21.1 Å². The van der Waals surface area contributed by atoms with Crippen LogP contribution in [0.3, 0.4) is 0 Å². The smallest absolute Gasteiger partial charge is 0.310 e. The summed E-state index contributed by atoms with van der Waals surface area (Å²) in [7, 11) is 0. The van der Waals surface area contributed by atoms with Gasteiger partial charge in [-0.3, -0.25) is 9.59 Å². The van der Waals surface area contributed by atoms with Gasteiger partial charge in [0.15, 0.2) is 5.76 Å². The first kappa shape index (κ1) is 15.4. The minimum absolute atomic E-state index is 0.0123. The highest BCUT2D eigenvalue weighted by molar-refractivity contribution is 6.31. The van der Waals surface area contributed by atoms with Crippen molar-refractivity contribution in [1.82, 2.24) is 5.32 Å². The Labute approximate surface area is 126 Å². The number of hydrogen-bond acceptors (Lipinski definition) is 3. The second kappa shape index (κ2) is 5.41. The molecule has 0 radical (unpaired) electrons. The first-order valence-electron chi connectivity index (χ1n) is 6.42. The van der Waals surface area contributed by atoms with E-state index in [1.165, 1.54) is 0 Å². The molecule has 112 valence electrons. The van der Waals surface area contributed by atoms with Gasteiger partial charge >= 0.3 is 5.97 Å². The van der Waals surface area contributed by atoms with Gasteiger partial charge in [0.1, 0.15) is 5.58 Å². The molecule has 0 atom stereocenters. The van der Waals surface area contributed by atoms with Gasteiger partial charge in [0.25, 0.3) is 5.91 Å². The molecule has 0 unspecified atom stereocenters. The van der Waals surface area contributed by atoms with Crippen molar-refractivity contribution in [2.75, 3.05) is 6.54 Å². The van der Waals surface area contributed by atoms with Crippen LogP contribution in [0.4, 0.5) is 0 Å². The molecule has 0 spiro atoms. The lowest BCUT2D eigenvalue weighted by Crippen LogP contribution is -2.38. The third-order valence-corrected chi connectivity index (χ3v) is 3.61. The zero-order valence-electron chi connectivity index (χ0n) is 12.0. The lowest BCUT2D eigenvalue weighted by molar-refractivity contribution is -0.146. The van der Waals surface area contributed by atoms with Crippen molar-refractivity contribution >= 4 is 34.4 Å². The van der Waals surface area contributed by atoms with E-state index in [-0.39, 0.29) is 12.3 Å². The van der Waals surface area contributed by atoms with Crippen molar-refractivity contribution in [3.8, 4) is 0 Å². The van der Waals surface area contributed by atoms with Gasteiger partial charge in [-0.05, 0) is 39.0 Å². The Morgan fingerprint density at radius 3 is 2.67 bits per heavy atom. The van der Waals surface area contributed by atoms with E-state index in [1.807, 2.05) is 0 Å². The first-order valence-corrected chi connectivity index (χ1v) is 6.80. The standard InChI is InChI=1S/C15H16ClNO4/c1-8-10-6-9(16)4-5-11(10)21-12(8)13(18)17-7-15(2,3)14(19)20/h4-6H,7H2,1-3H3,(H,17,18)(H,19,20). The average Bonchev–Trinajstić information content (AvgIpc) is 2.73. The molecule has 1 aromatic heterocycles. The van der Waals surface area contributed by atoms with Crippen LogP contribution >= 0.6 is 11.6 Å². The van der Waals surface area contributed by atoms with Crippen molar-refractivity contribution in [3.63, 3.8) is 0 Å². The molecule has 0 bridgehead atoms. The maximum atomic E-state index is 12.2. The van der Waals surface area contributed by atoms with E-state index in [0.717, 1.165) is 5.39 Å². The highest BCUT2D eigenvalue weighted by Crippen LogP contribution is 2.28. The topological polar surface area (TPSA) is 79.5 Å². The van der Waals surface area contributed by atoms with Gasteiger partial charge < -0.3 is 14.8 Å². The van der Waals surface area contributed by atoms with Gasteiger partial charge in [0, 0.05) is 22.5 Å². The number of furan rings is 1. The number of rotatable bonds is 4. The number of fused-ring (bicyclic) bond motifs is 1. The molecule has 1 amide bonds. The molecular weight excluding hydrogens is 294 g/mol. The molecule has 6 heteroatoms. The summed E-state index contributed by atoms with van der Waals surface area (Å²) in [4.78, 5) is 23.2. The number of carbonyl (C=O) groups excluding carboxylic acids is 1. The number of carboxylic acid groups (broad SMARTS) is 1. The molecule has 1 heterocycles. The maximum Gasteiger partial charge on any atom is 0.310 e. The van der Waals surface area contributed by atoms with Gasteiger partial charge in [-0.25, -0.2) is 0 Å². The second-order valence-corrected chi connectivity index (χ2v) is 6.00. The van der Waals surface area contributed by atoms with E-state index in [9.17, 15) is 9.59 Å². The van der Waals surface area contributed by atoms with Crippen LogP contribution < -0.4 is 5.32 Å².